The third-order valence-electron chi connectivity index (χ3n) is 5.72. The average Bonchev–Trinajstić information content (AvgIpc) is 3.40. The maximum absolute atomic E-state index is 12.2. The first-order chi connectivity index (χ1) is 14.6. The van der Waals surface area contributed by atoms with Crippen LogP contribution in [0.4, 0.5) is 5.82 Å². The monoisotopic (exact) mass is 421 g/mol. The number of amides is 1. The van der Waals surface area contributed by atoms with Gasteiger partial charge in [-0.3, -0.25) is 4.79 Å². The second-order valence-corrected chi connectivity index (χ2v) is 8.25. The molecule has 0 spiro atoms. The number of fused-ring (bicyclic) bond motifs is 1. The lowest BCUT2D eigenvalue weighted by Crippen LogP contribution is -2.18. The molecule has 0 bridgehead atoms. The first kappa shape index (κ1) is 19.0. The SMILES string of the molecule is N#CC1CC1C(=O)Nc1cc2cc(-c3cnn(C4CCCCO4)c3)cc(Cl)c2cn1. The van der Waals surface area contributed by atoms with Crippen LogP contribution >= 0.6 is 11.6 Å². The summed E-state index contributed by atoms with van der Waals surface area (Å²) in [4.78, 5) is 16.5. The van der Waals surface area contributed by atoms with Gasteiger partial charge in [0, 0.05) is 30.0 Å². The van der Waals surface area contributed by atoms with E-state index in [0.29, 0.717) is 17.3 Å². The number of rotatable bonds is 4. The van der Waals surface area contributed by atoms with Gasteiger partial charge in [0.05, 0.1) is 29.1 Å². The highest BCUT2D eigenvalue weighted by atomic mass is 35.5. The van der Waals surface area contributed by atoms with E-state index in [2.05, 4.69) is 21.5 Å². The first-order valence-corrected chi connectivity index (χ1v) is 10.5. The number of carbonyl (C=O) groups is 1. The number of benzene rings is 1. The second kappa shape index (κ2) is 7.71. The third-order valence-corrected chi connectivity index (χ3v) is 6.03. The van der Waals surface area contributed by atoms with E-state index in [4.69, 9.17) is 21.6 Å². The van der Waals surface area contributed by atoms with Gasteiger partial charge >= 0.3 is 0 Å². The van der Waals surface area contributed by atoms with Crippen LogP contribution in [0.5, 0.6) is 0 Å². The third kappa shape index (κ3) is 3.64. The Morgan fingerprint density at radius 3 is 2.93 bits per heavy atom. The number of nitrogens with zero attached hydrogens (tertiary/aromatic N) is 4. The lowest BCUT2D eigenvalue weighted by Gasteiger charge is -2.22. The molecule has 2 aliphatic rings. The van der Waals surface area contributed by atoms with Crippen molar-refractivity contribution in [2.24, 2.45) is 11.8 Å². The number of nitrogens with one attached hydrogen (secondary N) is 1. The summed E-state index contributed by atoms with van der Waals surface area (Å²) >= 11 is 6.51. The topological polar surface area (TPSA) is 92.8 Å². The summed E-state index contributed by atoms with van der Waals surface area (Å²) in [5, 5.41) is 18.5. The van der Waals surface area contributed by atoms with Crippen LogP contribution in [-0.2, 0) is 9.53 Å². The molecule has 1 saturated heterocycles. The lowest BCUT2D eigenvalue weighted by molar-refractivity contribution is -0.117. The molecule has 1 saturated carbocycles. The number of hydrogen-bond acceptors (Lipinski definition) is 5. The summed E-state index contributed by atoms with van der Waals surface area (Å²) < 4.78 is 7.67. The zero-order valence-electron chi connectivity index (χ0n) is 16.2. The van der Waals surface area contributed by atoms with E-state index in [1.807, 2.05) is 29.2 Å². The molecule has 1 N–H and O–H groups in total. The molecule has 3 atom stereocenters. The first-order valence-electron chi connectivity index (χ1n) is 10.1. The van der Waals surface area contributed by atoms with Crippen LogP contribution < -0.4 is 5.32 Å². The van der Waals surface area contributed by atoms with E-state index in [9.17, 15) is 4.79 Å². The van der Waals surface area contributed by atoms with Gasteiger partial charge in [-0.15, -0.1) is 0 Å². The van der Waals surface area contributed by atoms with Crippen LogP contribution in [0.25, 0.3) is 21.9 Å². The fourth-order valence-corrected chi connectivity index (χ4v) is 4.15. The summed E-state index contributed by atoms with van der Waals surface area (Å²) in [7, 11) is 0. The molecule has 0 radical (unpaired) electrons. The van der Waals surface area contributed by atoms with Crippen LogP contribution in [-0.4, -0.2) is 27.3 Å². The van der Waals surface area contributed by atoms with Gasteiger partial charge in [0.2, 0.25) is 5.91 Å². The highest BCUT2D eigenvalue weighted by Crippen LogP contribution is 2.38. The Morgan fingerprint density at radius 2 is 2.17 bits per heavy atom. The number of hydrogen-bond donors (Lipinski definition) is 1. The van der Waals surface area contributed by atoms with Gasteiger partial charge in [-0.05, 0) is 54.8 Å². The van der Waals surface area contributed by atoms with E-state index >= 15 is 0 Å². The van der Waals surface area contributed by atoms with Gasteiger partial charge in [-0.2, -0.15) is 10.4 Å². The van der Waals surface area contributed by atoms with E-state index in [-0.39, 0.29) is 24.0 Å². The standard InChI is InChI=1S/C22H20ClN5O2/c23-19-7-13(16-10-26-28(12-16)21-3-1-2-4-30-21)5-14-8-20(25-11-18(14)19)27-22(29)17-6-15(17)9-24/h5,7-8,10-12,15,17,21H,1-4,6H2,(H,25,27,29). The summed E-state index contributed by atoms with van der Waals surface area (Å²) in [5.41, 5.74) is 1.88. The predicted molar refractivity (Wildman–Crippen MR) is 113 cm³/mol. The number of anilines is 1. The van der Waals surface area contributed by atoms with Gasteiger partial charge in [-0.1, -0.05) is 11.6 Å². The smallest absolute Gasteiger partial charge is 0.230 e. The Labute approximate surface area is 178 Å². The summed E-state index contributed by atoms with van der Waals surface area (Å²) in [6, 6.07) is 7.84. The molecule has 7 nitrogen and oxygen atoms in total. The molecule has 1 amide bonds. The van der Waals surface area contributed by atoms with Crippen molar-refractivity contribution >= 4 is 34.1 Å². The van der Waals surface area contributed by atoms with Gasteiger partial charge in [-0.25, -0.2) is 9.67 Å². The Bertz CT molecular complexity index is 1160. The van der Waals surface area contributed by atoms with Crippen molar-refractivity contribution in [3.63, 3.8) is 0 Å². The molecular formula is C22H20ClN5O2. The maximum Gasteiger partial charge on any atom is 0.230 e. The quantitative estimate of drug-likeness (QED) is 0.667. The van der Waals surface area contributed by atoms with Crippen molar-refractivity contribution in [3.05, 3.63) is 41.8 Å². The Morgan fingerprint density at radius 1 is 1.27 bits per heavy atom. The molecule has 1 aliphatic carbocycles. The fraction of sp³-hybridized carbons (Fsp3) is 0.364. The van der Waals surface area contributed by atoms with Crippen molar-refractivity contribution in [1.29, 1.82) is 5.26 Å². The number of pyridine rings is 1. The minimum absolute atomic E-state index is 0.0193. The van der Waals surface area contributed by atoms with E-state index in [0.717, 1.165) is 47.8 Å². The summed E-state index contributed by atoms with van der Waals surface area (Å²) in [6.07, 6.45) is 9.23. The van der Waals surface area contributed by atoms with Crippen LogP contribution in [0, 0.1) is 23.2 Å². The second-order valence-electron chi connectivity index (χ2n) is 7.85. The van der Waals surface area contributed by atoms with Gasteiger partial charge < -0.3 is 10.1 Å². The normalized spacial score (nSPS) is 23.1. The predicted octanol–water partition coefficient (Wildman–Crippen LogP) is 4.55. The van der Waals surface area contributed by atoms with Gasteiger partial charge in [0.15, 0.2) is 0 Å². The van der Waals surface area contributed by atoms with Crippen LogP contribution in [0.2, 0.25) is 5.02 Å². The van der Waals surface area contributed by atoms with Crippen molar-refractivity contribution < 1.29 is 9.53 Å². The van der Waals surface area contributed by atoms with E-state index < -0.39 is 0 Å². The molecule has 30 heavy (non-hydrogen) atoms. The Kier molecular flexibility index (Phi) is 4.89. The molecule has 3 aromatic rings. The number of nitriles is 1. The van der Waals surface area contributed by atoms with Crippen LogP contribution in [0.15, 0.2) is 36.8 Å². The summed E-state index contributed by atoms with van der Waals surface area (Å²) in [6.45, 7) is 0.763. The number of aromatic nitrogens is 3. The van der Waals surface area contributed by atoms with Crippen molar-refractivity contribution in [1.82, 2.24) is 14.8 Å². The maximum atomic E-state index is 12.2. The Hall–Kier alpha value is -2.95. The van der Waals surface area contributed by atoms with Crippen LogP contribution in [0.1, 0.15) is 31.9 Å². The highest BCUT2D eigenvalue weighted by Gasteiger charge is 2.43. The largest absolute Gasteiger partial charge is 0.357 e. The van der Waals surface area contributed by atoms with Crippen molar-refractivity contribution in [3.8, 4) is 17.2 Å². The van der Waals surface area contributed by atoms with Crippen molar-refractivity contribution in [2.75, 3.05) is 11.9 Å². The average molecular weight is 422 g/mol. The van der Waals surface area contributed by atoms with Gasteiger partial charge in [0.25, 0.3) is 0 Å². The molecule has 8 heteroatoms. The highest BCUT2D eigenvalue weighted by molar-refractivity contribution is 6.36. The molecule has 152 valence electrons. The minimum atomic E-state index is -0.240. The Balaban J connectivity index is 1.41. The zero-order valence-corrected chi connectivity index (χ0v) is 17.0. The number of halogens is 1. The van der Waals surface area contributed by atoms with Crippen molar-refractivity contribution in [2.45, 2.75) is 31.9 Å². The summed E-state index contributed by atoms with van der Waals surface area (Å²) in [5.74, 6) is -0.133. The molecule has 3 heterocycles. The molecule has 3 unspecified atom stereocenters. The van der Waals surface area contributed by atoms with E-state index in [1.54, 1.807) is 12.3 Å². The fourth-order valence-electron chi connectivity index (χ4n) is 3.87. The molecule has 2 fully saturated rings. The minimum Gasteiger partial charge on any atom is -0.357 e. The molecule has 1 aromatic carbocycles. The van der Waals surface area contributed by atoms with E-state index in [1.165, 1.54) is 0 Å². The molecule has 5 rings (SSSR count). The molecule has 1 aliphatic heterocycles. The lowest BCUT2D eigenvalue weighted by atomic mass is 10.0. The van der Waals surface area contributed by atoms with Crippen LogP contribution in [0.3, 0.4) is 0 Å². The zero-order chi connectivity index (χ0) is 20.7. The molecule has 2 aromatic heterocycles. The molecular weight excluding hydrogens is 402 g/mol. The number of carbonyl (C=O) groups excluding carboxylic acids is 1. The van der Waals surface area contributed by atoms with Gasteiger partial charge in [0.1, 0.15) is 12.0 Å². The number of ether oxygens (including phenoxy) is 1.